The summed E-state index contributed by atoms with van der Waals surface area (Å²) in [6.07, 6.45) is 3.22. The van der Waals surface area contributed by atoms with E-state index in [9.17, 15) is 14.4 Å². The molecule has 3 atom stereocenters. The average molecular weight is 339 g/mol. The highest BCUT2D eigenvalue weighted by Gasteiger charge is 2.46. The van der Waals surface area contributed by atoms with Crippen LogP contribution in [0.4, 0.5) is 4.79 Å². The van der Waals surface area contributed by atoms with Gasteiger partial charge >= 0.3 is 18.0 Å². The summed E-state index contributed by atoms with van der Waals surface area (Å²) in [4.78, 5) is 36.8. The van der Waals surface area contributed by atoms with Crippen LogP contribution < -0.4 is 0 Å². The Hall–Kier alpha value is -2.51. The van der Waals surface area contributed by atoms with Gasteiger partial charge < -0.3 is 18.9 Å². The second-order valence-electron chi connectivity index (χ2n) is 5.59. The number of allylic oxidation sites excluding steroid dienone is 2. The number of fused-ring (bicyclic) bond motifs is 1. The molecule has 0 fully saturated rings. The van der Waals surface area contributed by atoms with Crippen LogP contribution >= 0.6 is 0 Å². The largest absolute Gasteiger partial charge is 0.497 e. The highest BCUT2D eigenvalue weighted by atomic mass is 16.6. The molecule has 24 heavy (non-hydrogen) atoms. The van der Waals surface area contributed by atoms with E-state index >= 15 is 0 Å². The molecule has 0 aromatic rings. The quantitative estimate of drug-likeness (QED) is 0.567. The van der Waals surface area contributed by atoms with Crippen LogP contribution in [0.25, 0.3) is 0 Å². The molecular formula is C16H21NO7. The molecule has 0 radical (unpaired) electrons. The fourth-order valence-corrected chi connectivity index (χ4v) is 3.22. The van der Waals surface area contributed by atoms with Crippen molar-refractivity contribution in [2.45, 2.75) is 13.3 Å². The molecule has 0 aromatic heterocycles. The van der Waals surface area contributed by atoms with Gasteiger partial charge in [0.15, 0.2) is 0 Å². The van der Waals surface area contributed by atoms with E-state index in [0.717, 1.165) is 0 Å². The summed E-state index contributed by atoms with van der Waals surface area (Å²) in [7, 11) is 4.01. The Morgan fingerprint density at radius 3 is 2.42 bits per heavy atom. The number of nitrogens with zero attached hydrogens (tertiary/aromatic N) is 1. The first-order chi connectivity index (χ1) is 11.4. The Labute approximate surface area is 140 Å². The third kappa shape index (κ3) is 3.37. The highest BCUT2D eigenvalue weighted by molar-refractivity contribution is 5.77. The molecule has 1 heterocycles. The Balaban J connectivity index is 2.41. The molecule has 1 amide bonds. The number of ether oxygens (including phenoxy) is 4. The summed E-state index contributed by atoms with van der Waals surface area (Å²) in [5.74, 6) is -1.50. The molecule has 2 aliphatic rings. The maximum Gasteiger partial charge on any atom is 0.413 e. The number of carbonyl (C=O) groups is 3. The van der Waals surface area contributed by atoms with Gasteiger partial charge in [0.25, 0.3) is 0 Å². The van der Waals surface area contributed by atoms with E-state index in [1.807, 2.05) is 0 Å². The average Bonchev–Trinajstić information content (AvgIpc) is 2.58. The Morgan fingerprint density at radius 2 is 1.88 bits per heavy atom. The van der Waals surface area contributed by atoms with Crippen molar-refractivity contribution in [3.8, 4) is 0 Å². The molecule has 0 spiro atoms. The first kappa shape index (κ1) is 17.8. The minimum atomic E-state index is -0.732. The Bertz CT molecular complexity index is 595. The number of esters is 2. The normalized spacial score (nSPS) is 25.7. The van der Waals surface area contributed by atoms with Gasteiger partial charge in [-0.25, -0.2) is 4.79 Å². The van der Waals surface area contributed by atoms with Gasteiger partial charge in [0.2, 0.25) is 0 Å². The van der Waals surface area contributed by atoms with Crippen LogP contribution in [0.15, 0.2) is 23.8 Å². The van der Waals surface area contributed by atoms with Crippen LogP contribution in [0.2, 0.25) is 0 Å². The van der Waals surface area contributed by atoms with Gasteiger partial charge in [0.05, 0.1) is 21.3 Å². The topological polar surface area (TPSA) is 91.4 Å². The minimum absolute atomic E-state index is 0.133. The van der Waals surface area contributed by atoms with Crippen LogP contribution in [-0.2, 0) is 28.5 Å². The van der Waals surface area contributed by atoms with Gasteiger partial charge in [0, 0.05) is 32.0 Å². The van der Waals surface area contributed by atoms with E-state index < -0.39 is 23.9 Å². The molecular weight excluding hydrogens is 318 g/mol. The van der Waals surface area contributed by atoms with Gasteiger partial charge in [-0.2, -0.15) is 0 Å². The van der Waals surface area contributed by atoms with E-state index in [1.54, 1.807) is 12.3 Å². The zero-order valence-corrected chi connectivity index (χ0v) is 14.1. The SMILES string of the molecule is COC(=O)[C@@H]1C(OC)=C(OC(C)=O)CC2CN(C(=O)OC)C=CC21. The van der Waals surface area contributed by atoms with Crippen molar-refractivity contribution in [1.29, 1.82) is 0 Å². The van der Waals surface area contributed by atoms with Crippen LogP contribution in [0, 0.1) is 17.8 Å². The molecule has 1 aliphatic carbocycles. The first-order valence-electron chi connectivity index (χ1n) is 7.49. The van der Waals surface area contributed by atoms with Crippen LogP contribution in [0.1, 0.15) is 13.3 Å². The summed E-state index contributed by atoms with van der Waals surface area (Å²) in [6.45, 7) is 1.62. The van der Waals surface area contributed by atoms with E-state index in [-0.39, 0.29) is 17.6 Å². The Kier molecular flexibility index (Phi) is 5.48. The summed E-state index contributed by atoms with van der Waals surface area (Å²) in [5, 5.41) is 0. The number of rotatable bonds is 3. The molecule has 8 heteroatoms. The van der Waals surface area contributed by atoms with Gasteiger partial charge in [-0.3, -0.25) is 14.5 Å². The number of methoxy groups -OCH3 is 3. The predicted octanol–water partition coefficient (Wildman–Crippen LogP) is 1.43. The van der Waals surface area contributed by atoms with E-state index in [1.165, 1.54) is 33.2 Å². The fourth-order valence-electron chi connectivity index (χ4n) is 3.22. The summed E-state index contributed by atoms with van der Waals surface area (Å²) in [6, 6.07) is 0. The first-order valence-corrected chi connectivity index (χ1v) is 7.49. The van der Waals surface area contributed by atoms with Gasteiger partial charge in [-0.1, -0.05) is 6.08 Å². The zero-order valence-electron chi connectivity index (χ0n) is 14.1. The summed E-state index contributed by atoms with van der Waals surface area (Å²) >= 11 is 0. The zero-order chi connectivity index (χ0) is 17.9. The number of carbonyl (C=O) groups excluding carboxylic acids is 3. The lowest BCUT2D eigenvalue weighted by molar-refractivity contribution is -0.150. The lowest BCUT2D eigenvalue weighted by Crippen LogP contribution is -2.44. The summed E-state index contributed by atoms with van der Waals surface area (Å²) < 4.78 is 20.2. The van der Waals surface area contributed by atoms with Gasteiger partial charge in [-0.15, -0.1) is 0 Å². The molecule has 2 unspecified atom stereocenters. The molecule has 2 rings (SSSR count). The fraction of sp³-hybridized carbons (Fsp3) is 0.562. The molecule has 0 aromatic carbocycles. The predicted molar refractivity (Wildman–Crippen MR) is 81.2 cm³/mol. The van der Waals surface area contributed by atoms with Gasteiger partial charge in [-0.05, 0) is 5.92 Å². The number of hydrogen-bond donors (Lipinski definition) is 0. The monoisotopic (exact) mass is 339 g/mol. The van der Waals surface area contributed by atoms with Crippen LogP contribution in [-0.4, -0.2) is 50.8 Å². The van der Waals surface area contributed by atoms with Crippen molar-refractivity contribution in [2.75, 3.05) is 27.9 Å². The summed E-state index contributed by atoms with van der Waals surface area (Å²) in [5.41, 5.74) is 0. The van der Waals surface area contributed by atoms with E-state index in [2.05, 4.69) is 0 Å². The maximum absolute atomic E-state index is 12.3. The standard InChI is InChI=1S/C16H21NO7/c1-9(18)24-12-7-10-8-17(16(20)23-4)6-5-11(10)13(14(12)21-2)15(19)22-3/h5-6,10-11,13H,7-8H2,1-4H3/t10?,11?,13-/m0/s1. The highest BCUT2D eigenvalue weighted by Crippen LogP contribution is 2.43. The third-order valence-electron chi connectivity index (χ3n) is 4.20. The van der Waals surface area contributed by atoms with Crippen molar-refractivity contribution < 1.29 is 33.3 Å². The molecule has 0 bridgehead atoms. The number of amides is 1. The second-order valence-corrected chi connectivity index (χ2v) is 5.59. The molecule has 0 N–H and O–H groups in total. The van der Waals surface area contributed by atoms with Crippen molar-refractivity contribution in [2.24, 2.45) is 17.8 Å². The van der Waals surface area contributed by atoms with Crippen molar-refractivity contribution >= 4 is 18.0 Å². The third-order valence-corrected chi connectivity index (χ3v) is 4.20. The molecule has 1 aliphatic heterocycles. The molecule has 0 saturated carbocycles. The molecule has 0 saturated heterocycles. The lowest BCUT2D eigenvalue weighted by Gasteiger charge is -2.40. The maximum atomic E-state index is 12.3. The van der Waals surface area contributed by atoms with Gasteiger partial charge in [0.1, 0.15) is 17.4 Å². The van der Waals surface area contributed by atoms with Crippen molar-refractivity contribution in [3.63, 3.8) is 0 Å². The van der Waals surface area contributed by atoms with Crippen molar-refractivity contribution in [1.82, 2.24) is 4.90 Å². The Morgan fingerprint density at radius 1 is 1.17 bits per heavy atom. The lowest BCUT2D eigenvalue weighted by atomic mass is 9.72. The van der Waals surface area contributed by atoms with Crippen molar-refractivity contribution in [3.05, 3.63) is 23.8 Å². The molecule has 132 valence electrons. The molecule has 8 nitrogen and oxygen atoms in total. The smallest absolute Gasteiger partial charge is 0.413 e. The van der Waals surface area contributed by atoms with Crippen LogP contribution in [0.3, 0.4) is 0 Å². The second kappa shape index (κ2) is 7.37. The number of hydrogen-bond acceptors (Lipinski definition) is 7. The van der Waals surface area contributed by atoms with Crippen LogP contribution in [0.5, 0.6) is 0 Å². The van der Waals surface area contributed by atoms with E-state index in [4.69, 9.17) is 18.9 Å². The minimum Gasteiger partial charge on any atom is -0.497 e. The van der Waals surface area contributed by atoms with E-state index in [0.29, 0.717) is 18.7 Å².